The Labute approximate surface area is 133 Å². The van der Waals surface area contributed by atoms with Crippen molar-refractivity contribution in [3.63, 3.8) is 0 Å². The van der Waals surface area contributed by atoms with Gasteiger partial charge < -0.3 is 10.1 Å². The molecule has 0 bridgehead atoms. The van der Waals surface area contributed by atoms with E-state index in [2.05, 4.69) is 15.3 Å². The maximum absolute atomic E-state index is 12.0. The number of aliphatic imine (C=N–C) groups is 1. The van der Waals surface area contributed by atoms with Crippen molar-refractivity contribution in [3.05, 3.63) is 59.9 Å². The second kappa shape index (κ2) is 6.83. The van der Waals surface area contributed by atoms with Gasteiger partial charge in [-0.3, -0.25) is 14.8 Å². The van der Waals surface area contributed by atoms with Crippen molar-refractivity contribution < 1.29 is 14.3 Å². The summed E-state index contributed by atoms with van der Waals surface area (Å²) in [5.74, 6) is -0.0439. The fourth-order valence-corrected chi connectivity index (χ4v) is 2.24. The van der Waals surface area contributed by atoms with Gasteiger partial charge in [0.05, 0.1) is 24.2 Å². The Morgan fingerprint density at radius 3 is 2.87 bits per heavy atom. The fourth-order valence-electron chi connectivity index (χ4n) is 2.24. The molecule has 1 aliphatic heterocycles. The third-order valence-corrected chi connectivity index (χ3v) is 3.39. The number of ketones is 1. The van der Waals surface area contributed by atoms with Gasteiger partial charge in [-0.2, -0.15) is 0 Å². The molecule has 6 nitrogen and oxygen atoms in total. The standard InChI is InChI=1S/C17H15N3O3/c21-16-8-13(20-15-6-7-18-10-14(15)16)9-19-17(22)23-11-12-4-2-1-3-5-12/h1-7,10H,8-9,11H2,(H,19,22). The maximum atomic E-state index is 12.0. The first-order chi connectivity index (χ1) is 11.2. The SMILES string of the molecule is O=C(NCC1=Nc2ccncc2C(=O)C1)OCc1ccccc1. The van der Waals surface area contributed by atoms with E-state index in [4.69, 9.17) is 4.74 Å². The number of carbonyl (C=O) groups excluding carboxylic acids is 2. The second-order valence-corrected chi connectivity index (χ2v) is 5.09. The Kier molecular flexibility index (Phi) is 4.42. The van der Waals surface area contributed by atoms with Crippen LogP contribution in [0.2, 0.25) is 0 Å². The molecule has 2 aromatic rings. The van der Waals surface area contributed by atoms with E-state index in [9.17, 15) is 9.59 Å². The number of benzene rings is 1. The van der Waals surface area contributed by atoms with E-state index >= 15 is 0 Å². The topological polar surface area (TPSA) is 80.7 Å². The maximum Gasteiger partial charge on any atom is 0.407 e. The van der Waals surface area contributed by atoms with E-state index in [1.807, 2.05) is 30.3 Å². The van der Waals surface area contributed by atoms with Gasteiger partial charge in [0.25, 0.3) is 0 Å². The normalized spacial score (nSPS) is 13.0. The van der Waals surface area contributed by atoms with Crippen molar-refractivity contribution in [1.82, 2.24) is 10.3 Å². The van der Waals surface area contributed by atoms with Gasteiger partial charge in [-0.05, 0) is 11.6 Å². The lowest BCUT2D eigenvalue weighted by Crippen LogP contribution is -2.32. The molecule has 0 fully saturated rings. The molecular formula is C17H15N3O3. The van der Waals surface area contributed by atoms with Crippen LogP contribution in [0.25, 0.3) is 0 Å². The van der Waals surface area contributed by atoms with E-state index in [-0.39, 0.29) is 25.4 Å². The van der Waals surface area contributed by atoms with E-state index in [1.165, 1.54) is 6.20 Å². The summed E-state index contributed by atoms with van der Waals surface area (Å²) in [4.78, 5) is 32.0. The number of carbonyl (C=O) groups is 2. The van der Waals surface area contributed by atoms with Crippen LogP contribution in [-0.2, 0) is 11.3 Å². The number of hydrogen-bond donors (Lipinski definition) is 1. The van der Waals surface area contributed by atoms with Crippen LogP contribution in [0, 0.1) is 0 Å². The number of hydrogen-bond acceptors (Lipinski definition) is 5. The van der Waals surface area contributed by atoms with Crippen molar-refractivity contribution >= 4 is 23.3 Å². The van der Waals surface area contributed by atoms with Crippen LogP contribution in [0.5, 0.6) is 0 Å². The summed E-state index contributed by atoms with van der Waals surface area (Å²) in [6.45, 7) is 0.383. The lowest BCUT2D eigenvalue weighted by Gasteiger charge is -2.14. The zero-order chi connectivity index (χ0) is 16.1. The third-order valence-electron chi connectivity index (χ3n) is 3.39. The summed E-state index contributed by atoms with van der Waals surface area (Å²) < 4.78 is 5.12. The van der Waals surface area contributed by atoms with Crippen molar-refractivity contribution in [2.24, 2.45) is 4.99 Å². The van der Waals surface area contributed by atoms with Gasteiger partial charge >= 0.3 is 6.09 Å². The minimum absolute atomic E-state index is 0.0439. The molecule has 2 heterocycles. The summed E-state index contributed by atoms with van der Waals surface area (Å²) in [6, 6.07) is 11.1. The summed E-state index contributed by atoms with van der Waals surface area (Å²) >= 11 is 0. The molecule has 1 aliphatic rings. The van der Waals surface area contributed by atoms with E-state index < -0.39 is 6.09 Å². The van der Waals surface area contributed by atoms with Crippen LogP contribution in [0.1, 0.15) is 22.3 Å². The van der Waals surface area contributed by atoms with Gasteiger partial charge in [-0.1, -0.05) is 30.3 Å². The molecule has 0 saturated carbocycles. The highest BCUT2D eigenvalue weighted by Crippen LogP contribution is 2.24. The van der Waals surface area contributed by atoms with Crippen LogP contribution in [-0.4, -0.2) is 29.1 Å². The van der Waals surface area contributed by atoms with Crippen molar-refractivity contribution in [2.45, 2.75) is 13.0 Å². The largest absolute Gasteiger partial charge is 0.445 e. The lowest BCUT2D eigenvalue weighted by molar-refractivity contribution is 0.0998. The number of alkyl carbamates (subject to hydrolysis) is 1. The van der Waals surface area contributed by atoms with E-state index in [0.29, 0.717) is 17.0 Å². The molecule has 116 valence electrons. The number of rotatable bonds is 4. The monoisotopic (exact) mass is 309 g/mol. The predicted molar refractivity (Wildman–Crippen MR) is 84.9 cm³/mol. The molecule has 1 aromatic heterocycles. The molecule has 0 saturated heterocycles. The number of nitrogens with one attached hydrogen (secondary N) is 1. The van der Waals surface area contributed by atoms with Crippen LogP contribution >= 0.6 is 0 Å². The van der Waals surface area contributed by atoms with Crippen LogP contribution in [0.15, 0.2) is 53.8 Å². The summed E-state index contributed by atoms with van der Waals surface area (Å²) in [7, 11) is 0. The molecule has 6 heteroatoms. The molecule has 3 rings (SSSR count). The Bertz CT molecular complexity index is 757. The minimum atomic E-state index is -0.537. The highest BCUT2D eigenvalue weighted by molar-refractivity contribution is 6.16. The Morgan fingerprint density at radius 1 is 1.22 bits per heavy atom. The summed E-state index contributed by atoms with van der Waals surface area (Å²) in [6.07, 6.45) is 2.74. The highest BCUT2D eigenvalue weighted by Gasteiger charge is 2.20. The average molecular weight is 309 g/mol. The molecule has 23 heavy (non-hydrogen) atoms. The molecule has 0 aliphatic carbocycles. The smallest absolute Gasteiger partial charge is 0.407 e. The number of ether oxygens (including phenoxy) is 1. The number of fused-ring (bicyclic) bond motifs is 1. The Balaban J connectivity index is 1.54. The molecule has 1 amide bonds. The van der Waals surface area contributed by atoms with Gasteiger partial charge in [0.15, 0.2) is 5.78 Å². The fraction of sp³-hybridized carbons (Fsp3) is 0.176. The first-order valence-corrected chi connectivity index (χ1v) is 7.20. The summed E-state index contributed by atoms with van der Waals surface area (Å²) in [5, 5.41) is 2.61. The number of aromatic nitrogens is 1. The molecule has 0 atom stereocenters. The third kappa shape index (κ3) is 3.79. The first-order valence-electron chi connectivity index (χ1n) is 7.20. The van der Waals surface area contributed by atoms with Gasteiger partial charge in [-0.25, -0.2) is 4.79 Å². The van der Waals surface area contributed by atoms with Crippen molar-refractivity contribution in [1.29, 1.82) is 0 Å². The molecular weight excluding hydrogens is 294 g/mol. The number of Topliss-reactive ketones (excluding diaryl/α,β-unsaturated/α-hetero) is 1. The number of amides is 1. The quantitative estimate of drug-likeness (QED) is 0.941. The number of pyridine rings is 1. The average Bonchev–Trinajstić information content (AvgIpc) is 2.59. The highest BCUT2D eigenvalue weighted by atomic mass is 16.5. The second-order valence-electron chi connectivity index (χ2n) is 5.09. The molecule has 0 unspecified atom stereocenters. The Hall–Kier alpha value is -3.02. The van der Waals surface area contributed by atoms with Crippen molar-refractivity contribution in [2.75, 3.05) is 6.54 Å². The molecule has 1 aromatic carbocycles. The van der Waals surface area contributed by atoms with E-state index in [0.717, 1.165) is 5.56 Å². The van der Waals surface area contributed by atoms with E-state index in [1.54, 1.807) is 12.3 Å². The predicted octanol–water partition coefficient (Wildman–Crippen LogP) is 2.67. The van der Waals surface area contributed by atoms with Crippen LogP contribution in [0.4, 0.5) is 10.5 Å². The minimum Gasteiger partial charge on any atom is -0.445 e. The zero-order valence-corrected chi connectivity index (χ0v) is 12.4. The van der Waals surface area contributed by atoms with Gasteiger partial charge in [0.1, 0.15) is 6.61 Å². The number of nitrogens with zero attached hydrogens (tertiary/aromatic N) is 2. The van der Waals surface area contributed by atoms with Gasteiger partial charge in [0.2, 0.25) is 0 Å². The lowest BCUT2D eigenvalue weighted by atomic mass is 10.0. The first kappa shape index (κ1) is 14.9. The zero-order valence-electron chi connectivity index (χ0n) is 12.4. The molecule has 1 N–H and O–H groups in total. The Morgan fingerprint density at radius 2 is 2.04 bits per heavy atom. The van der Waals surface area contributed by atoms with Crippen LogP contribution < -0.4 is 5.32 Å². The van der Waals surface area contributed by atoms with Crippen LogP contribution in [0.3, 0.4) is 0 Å². The van der Waals surface area contributed by atoms with Gasteiger partial charge in [0, 0.05) is 18.1 Å². The molecule has 0 radical (unpaired) electrons. The summed E-state index contributed by atoms with van der Waals surface area (Å²) in [5.41, 5.74) is 2.62. The van der Waals surface area contributed by atoms with Gasteiger partial charge in [-0.15, -0.1) is 0 Å². The van der Waals surface area contributed by atoms with Crippen molar-refractivity contribution in [3.8, 4) is 0 Å². The molecule has 0 spiro atoms.